The van der Waals surface area contributed by atoms with E-state index in [4.69, 9.17) is 27.5 Å². The van der Waals surface area contributed by atoms with Gasteiger partial charge < -0.3 is 15.9 Å². The third kappa shape index (κ3) is 1.87. The standard InChI is InChI=1S/C9H8ClNO4/c1-3-2-4(10)6(9(14)15)7(11)5(3)8(12)13/h2H,11H2,1H3,(H,12,13)(H,14,15). The number of aromatic carboxylic acids is 2. The molecule has 0 saturated heterocycles. The molecule has 0 unspecified atom stereocenters. The Labute approximate surface area is 90.1 Å². The average molecular weight is 230 g/mol. The Hall–Kier alpha value is -1.75. The second kappa shape index (κ2) is 3.78. The Morgan fingerprint density at radius 3 is 2.13 bits per heavy atom. The maximum atomic E-state index is 10.8. The summed E-state index contributed by atoms with van der Waals surface area (Å²) in [5.74, 6) is -2.62. The molecule has 0 heterocycles. The summed E-state index contributed by atoms with van der Waals surface area (Å²) in [7, 11) is 0. The van der Waals surface area contributed by atoms with Crippen LogP contribution in [0.1, 0.15) is 26.3 Å². The van der Waals surface area contributed by atoms with Crippen molar-refractivity contribution in [2.75, 3.05) is 5.73 Å². The van der Waals surface area contributed by atoms with Crippen molar-refractivity contribution in [1.82, 2.24) is 0 Å². The quantitative estimate of drug-likeness (QED) is 0.669. The number of aryl methyl sites for hydroxylation is 1. The molecule has 0 aliphatic rings. The molecule has 0 amide bonds. The van der Waals surface area contributed by atoms with Crippen molar-refractivity contribution in [2.45, 2.75) is 6.92 Å². The van der Waals surface area contributed by atoms with E-state index in [0.717, 1.165) is 0 Å². The molecule has 6 heteroatoms. The van der Waals surface area contributed by atoms with Gasteiger partial charge in [0.15, 0.2) is 0 Å². The van der Waals surface area contributed by atoms with Crippen LogP contribution in [0.2, 0.25) is 5.02 Å². The van der Waals surface area contributed by atoms with Gasteiger partial charge in [-0.15, -0.1) is 0 Å². The van der Waals surface area contributed by atoms with E-state index < -0.39 is 11.9 Å². The first kappa shape index (κ1) is 11.3. The van der Waals surface area contributed by atoms with E-state index in [1.165, 1.54) is 13.0 Å². The Balaban J connectivity index is 3.64. The van der Waals surface area contributed by atoms with Gasteiger partial charge in [0, 0.05) is 0 Å². The Morgan fingerprint density at radius 2 is 1.73 bits per heavy atom. The SMILES string of the molecule is Cc1cc(Cl)c(C(=O)O)c(N)c1C(=O)O. The van der Waals surface area contributed by atoms with Gasteiger partial charge in [-0.25, -0.2) is 9.59 Å². The molecule has 0 fully saturated rings. The smallest absolute Gasteiger partial charge is 0.339 e. The summed E-state index contributed by atoms with van der Waals surface area (Å²) >= 11 is 5.65. The third-order valence-electron chi connectivity index (χ3n) is 1.94. The van der Waals surface area contributed by atoms with Crippen LogP contribution in [0.4, 0.5) is 5.69 Å². The van der Waals surface area contributed by atoms with Crippen LogP contribution in [0.15, 0.2) is 6.07 Å². The lowest BCUT2D eigenvalue weighted by Crippen LogP contribution is -2.11. The number of nitrogens with two attached hydrogens (primary N) is 1. The second-order valence-corrected chi connectivity index (χ2v) is 3.36. The molecule has 1 rings (SSSR count). The molecule has 15 heavy (non-hydrogen) atoms. The summed E-state index contributed by atoms with van der Waals surface area (Å²) < 4.78 is 0. The van der Waals surface area contributed by atoms with Crippen LogP contribution in [0.5, 0.6) is 0 Å². The fourth-order valence-corrected chi connectivity index (χ4v) is 1.65. The summed E-state index contributed by atoms with van der Waals surface area (Å²) in [6.45, 7) is 1.50. The average Bonchev–Trinajstić information content (AvgIpc) is 1.99. The number of benzene rings is 1. The van der Waals surface area contributed by atoms with Gasteiger partial charge in [-0.3, -0.25) is 0 Å². The lowest BCUT2D eigenvalue weighted by atomic mass is 10.0. The Kier molecular flexibility index (Phi) is 2.85. The van der Waals surface area contributed by atoms with Crippen LogP contribution < -0.4 is 5.73 Å². The highest BCUT2D eigenvalue weighted by molar-refractivity contribution is 6.34. The zero-order valence-corrected chi connectivity index (χ0v) is 8.50. The van der Waals surface area contributed by atoms with Crippen LogP contribution in [0.3, 0.4) is 0 Å². The zero-order chi connectivity index (χ0) is 11.7. The summed E-state index contributed by atoms with van der Waals surface area (Å²) in [6, 6.07) is 1.27. The van der Waals surface area contributed by atoms with Gasteiger partial charge in [0.05, 0.1) is 16.3 Å². The molecule has 0 aliphatic carbocycles. The first-order chi connectivity index (χ1) is 6.86. The number of hydrogen-bond acceptors (Lipinski definition) is 3. The minimum absolute atomic E-state index is 0.0671. The van der Waals surface area contributed by atoms with E-state index in [1.54, 1.807) is 0 Å². The van der Waals surface area contributed by atoms with Crippen molar-refractivity contribution in [3.8, 4) is 0 Å². The van der Waals surface area contributed by atoms with Crippen molar-refractivity contribution in [2.24, 2.45) is 0 Å². The minimum atomic E-state index is -1.35. The Morgan fingerprint density at radius 1 is 1.27 bits per heavy atom. The molecule has 4 N–H and O–H groups in total. The lowest BCUT2D eigenvalue weighted by Gasteiger charge is -2.09. The molecule has 0 aliphatic heterocycles. The van der Waals surface area contributed by atoms with Crippen LogP contribution in [-0.2, 0) is 0 Å². The molecule has 5 nitrogen and oxygen atoms in total. The maximum absolute atomic E-state index is 10.8. The van der Waals surface area contributed by atoms with Crippen LogP contribution in [0.25, 0.3) is 0 Å². The lowest BCUT2D eigenvalue weighted by molar-refractivity contribution is 0.0695. The third-order valence-corrected chi connectivity index (χ3v) is 2.24. The predicted molar refractivity (Wildman–Crippen MR) is 54.5 cm³/mol. The van der Waals surface area contributed by atoms with E-state index in [0.29, 0.717) is 5.56 Å². The van der Waals surface area contributed by atoms with Crippen molar-refractivity contribution in [3.63, 3.8) is 0 Å². The Bertz CT molecular complexity index is 418. The van der Waals surface area contributed by atoms with Crippen LogP contribution >= 0.6 is 11.6 Å². The number of rotatable bonds is 2. The van der Waals surface area contributed by atoms with Gasteiger partial charge >= 0.3 is 11.9 Å². The number of anilines is 1. The highest BCUT2D eigenvalue weighted by atomic mass is 35.5. The fraction of sp³-hybridized carbons (Fsp3) is 0.111. The molecule has 0 spiro atoms. The summed E-state index contributed by atoms with van der Waals surface area (Å²) in [5, 5.41) is 17.5. The fourth-order valence-electron chi connectivity index (χ4n) is 1.30. The highest BCUT2D eigenvalue weighted by Gasteiger charge is 2.21. The topological polar surface area (TPSA) is 101 Å². The number of nitrogen functional groups attached to an aromatic ring is 1. The van der Waals surface area contributed by atoms with E-state index in [9.17, 15) is 9.59 Å². The summed E-state index contributed by atoms with van der Waals surface area (Å²) in [5.41, 5.74) is 4.85. The van der Waals surface area contributed by atoms with Crippen molar-refractivity contribution in [1.29, 1.82) is 0 Å². The number of halogens is 1. The van der Waals surface area contributed by atoms with Gasteiger partial charge in [0.2, 0.25) is 0 Å². The molecular formula is C9H8ClNO4. The van der Waals surface area contributed by atoms with Crippen molar-refractivity contribution in [3.05, 3.63) is 27.8 Å². The first-order valence-electron chi connectivity index (χ1n) is 3.91. The zero-order valence-electron chi connectivity index (χ0n) is 7.74. The van der Waals surface area contributed by atoms with Gasteiger partial charge in [-0.1, -0.05) is 11.6 Å². The number of hydrogen-bond donors (Lipinski definition) is 3. The normalized spacial score (nSPS) is 10.0. The molecular weight excluding hydrogens is 222 g/mol. The summed E-state index contributed by atoms with van der Waals surface area (Å²) in [4.78, 5) is 21.6. The molecule has 0 radical (unpaired) electrons. The van der Waals surface area contributed by atoms with Gasteiger partial charge in [-0.2, -0.15) is 0 Å². The molecule has 80 valence electrons. The number of carbonyl (C=O) groups is 2. The monoisotopic (exact) mass is 229 g/mol. The number of carboxylic acid groups (broad SMARTS) is 2. The molecule has 0 atom stereocenters. The van der Waals surface area contributed by atoms with E-state index in [-0.39, 0.29) is 21.8 Å². The van der Waals surface area contributed by atoms with Gasteiger partial charge in [0.1, 0.15) is 5.56 Å². The summed E-state index contributed by atoms with van der Waals surface area (Å²) in [6.07, 6.45) is 0. The second-order valence-electron chi connectivity index (χ2n) is 2.95. The molecule has 0 bridgehead atoms. The van der Waals surface area contributed by atoms with Gasteiger partial charge in [-0.05, 0) is 18.6 Å². The molecule has 1 aromatic carbocycles. The minimum Gasteiger partial charge on any atom is -0.478 e. The van der Waals surface area contributed by atoms with Crippen molar-refractivity contribution < 1.29 is 19.8 Å². The number of carboxylic acids is 2. The molecule has 1 aromatic rings. The van der Waals surface area contributed by atoms with Gasteiger partial charge in [0.25, 0.3) is 0 Å². The van der Waals surface area contributed by atoms with E-state index in [2.05, 4.69) is 0 Å². The largest absolute Gasteiger partial charge is 0.478 e. The first-order valence-corrected chi connectivity index (χ1v) is 4.29. The maximum Gasteiger partial charge on any atom is 0.339 e. The van der Waals surface area contributed by atoms with E-state index in [1.807, 2.05) is 0 Å². The molecule has 0 saturated carbocycles. The van der Waals surface area contributed by atoms with Crippen LogP contribution in [-0.4, -0.2) is 22.2 Å². The van der Waals surface area contributed by atoms with Crippen LogP contribution in [0, 0.1) is 6.92 Å². The highest BCUT2D eigenvalue weighted by Crippen LogP contribution is 2.29. The molecule has 0 aromatic heterocycles. The van der Waals surface area contributed by atoms with E-state index >= 15 is 0 Å². The predicted octanol–water partition coefficient (Wildman–Crippen LogP) is 1.63. The van der Waals surface area contributed by atoms with Crippen molar-refractivity contribution >= 4 is 29.2 Å².